The van der Waals surface area contributed by atoms with Crippen LogP contribution in [0.4, 0.5) is 5.95 Å². The SMILES string of the molecule is CNc1nc(C)nc(SCCC(C)C)n1. The lowest BCUT2D eigenvalue weighted by Crippen LogP contribution is -2.02. The van der Waals surface area contributed by atoms with Gasteiger partial charge in [-0.15, -0.1) is 0 Å². The first kappa shape index (κ1) is 12.2. The summed E-state index contributed by atoms with van der Waals surface area (Å²) in [5, 5.41) is 3.74. The van der Waals surface area contributed by atoms with Crippen LogP contribution in [0.25, 0.3) is 0 Å². The third-order valence-corrected chi connectivity index (χ3v) is 2.76. The van der Waals surface area contributed by atoms with Crippen LogP contribution in [-0.4, -0.2) is 27.8 Å². The highest BCUT2D eigenvalue weighted by molar-refractivity contribution is 7.99. The Hall–Kier alpha value is -0.840. The maximum Gasteiger partial charge on any atom is 0.226 e. The van der Waals surface area contributed by atoms with Gasteiger partial charge in [-0.05, 0) is 19.3 Å². The second-order valence-electron chi connectivity index (χ2n) is 3.77. The molecule has 5 heteroatoms. The fourth-order valence-electron chi connectivity index (χ4n) is 1.02. The summed E-state index contributed by atoms with van der Waals surface area (Å²) < 4.78 is 0. The molecule has 0 unspecified atom stereocenters. The fraction of sp³-hybridized carbons (Fsp3) is 0.700. The number of rotatable bonds is 5. The Morgan fingerprint density at radius 3 is 2.60 bits per heavy atom. The van der Waals surface area contributed by atoms with E-state index in [0.29, 0.717) is 5.95 Å². The zero-order valence-corrected chi connectivity index (χ0v) is 10.6. The Bertz CT molecular complexity index is 314. The van der Waals surface area contributed by atoms with E-state index in [9.17, 15) is 0 Å². The van der Waals surface area contributed by atoms with Gasteiger partial charge >= 0.3 is 0 Å². The van der Waals surface area contributed by atoms with Gasteiger partial charge in [0.2, 0.25) is 5.95 Å². The van der Waals surface area contributed by atoms with Crippen LogP contribution in [0.5, 0.6) is 0 Å². The van der Waals surface area contributed by atoms with Gasteiger partial charge in [0.1, 0.15) is 5.82 Å². The number of aromatic nitrogens is 3. The van der Waals surface area contributed by atoms with Crippen molar-refractivity contribution in [2.24, 2.45) is 5.92 Å². The summed E-state index contributed by atoms with van der Waals surface area (Å²) in [6, 6.07) is 0. The van der Waals surface area contributed by atoms with E-state index in [0.717, 1.165) is 22.7 Å². The van der Waals surface area contributed by atoms with Gasteiger partial charge in [0.05, 0.1) is 0 Å². The minimum Gasteiger partial charge on any atom is -0.357 e. The van der Waals surface area contributed by atoms with Crippen molar-refractivity contribution < 1.29 is 0 Å². The highest BCUT2D eigenvalue weighted by atomic mass is 32.2. The number of thioether (sulfide) groups is 1. The molecule has 1 rings (SSSR count). The molecular formula is C10H18N4S. The van der Waals surface area contributed by atoms with E-state index >= 15 is 0 Å². The fourth-order valence-corrected chi connectivity index (χ4v) is 2.14. The minimum absolute atomic E-state index is 0.648. The van der Waals surface area contributed by atoms with Gasteiger partial charge in [0.15, 0.2) is 5.16 Å². The molecule has 0 radical (unpaired) electrons. The van der Waals surface area contributed by atoms with Crippen LogP contribution in [0.2, 0.25) is 0 Å². The van der Waals surface area contributed by atoms with Gasteiger partial charge in [-0.3, -0.25) is 0 Å². The lowest BCUT2D eigenvalue weighted by Gasteiger charge is -2.05. The number of hydrogen-bond donors (Lipinski definition) is 1. The average Bonchev–Trinajstić information content (AvgIpc) is 2.16. The average molecular weight is 226 g/mol. The van der Waals surface area contributed by atoms with E-state index in [2.05, 4.69) is 34.1 Å². The molecule has 0 amide bonds. The molecule has 0 aromatic carbocycles. The molecule has 1 aromatic heterocycles. The van der Waals surface area contributed by atoms with Crippen molar-refractivity contribution in [2.45, 2.75) is 32.3 Å². The molecule has 1 aromatic rings. The molecule has 0 fully saturated rings. The van der Waals surface area contributed by atoms with Crippen molar-refractivity contribution in [1.82, 2.24) is 15.0 Å². The summed E-state index contributed by atoms with van der Waals surface area (Å²) in [6.45, 7) is 6.32. The zero-order valence-electron chi connectivity index (χ0n) is 9.74. The van der Waals surface area contributed by atoms with Crippen molar-refractivity contribution >= 4 is 17.7 Å². The van der Waals surface area contributed by atoms with Crippen molar-refractivity contribution in [3.63, 3.8) is 0 Å². The molecule has 0 aliphatic rings. The molecule has 0 spiro atoms. The molecule has 1 N–H and O–H groups in total. The van der Waals surface area contributed by atoms with Gasteiger partial charge < -0.3 is 5.32 Å². The Kier molecular flexibility index (Phi) is 4.81. The Labute approximate surface area is 95.3 Å². The van der Waals surface area contributed by atoms with E-state index in [-0.39, 0.29) is 0 Å². The topological polar surface area (TPSA) is 50.7 Å². The molecule has 15 heavy (non-hydrogen) atoms. The van der Waals surface area contributed by atoms with Gasteiger partial charge in [-0.1, -0.05) is 25.6 Å². The van der Waals surface area contributed by atoms with Gasteiger partial charge in [-0.25, -0.2) is 4.98 Å². The summed E-state index contributed by atoms with van der Waals surface area (Å²) in [5.74, 6) is 3.20. The highest BCUT2D eigenvalue weighted by Crippen LogP contribution is 2.17. The van der Waals surface area contributed by atoms with Crippen LogP contribution in [0, 0.1) is 12.8 Å². The predicted octanol–water partition coefficient (Wildman–Crippen LogP) is 2.36. The maximum atomic E-state index is 4.28. The molecule has 84 valence electrons. The first-order valence-electron chi connectivity index (χ1n) is 5.15. The normalized spacial score (nSPS) is 10.7. The van der Waals surface area contributed by atoms with Crippen molar-refractivity contribution in [1.29, 1.82) is 0 Å². The van der Waals surface area contributed by atoms with E-state index in [4.69, 9.17) is 0 Å². The molecule has 0 bridgehead atoms. The van der Waals surface area contributed by atoms with Crippen LogP contribution in [-0.2, 0) is 0 Å². The third-order valence-electron chi connectivity index (χ3n) is 1.88. The molecule has 1 heterocycles. The predicted molar refractivity (Wildman–Crippen MR) is 64.3 cm³/mol. The Morgan fingerprint density at radius 2 is 2.00 bits per heavy atom. The van der Waals surface area contributed by atoms with Crippen LogP contribution < -0.4 is 5.32 Å². The quantitative estimate of drug-likeness (QED) is 0.781. The van der Waals surface area contributed by atoms with Crippen LogP contribution >= 0.6 is 11.8 Å². The molecule has 0 aliphatic heterocycles. The number of nitrogens with zero attached hydrogens (tertiary/aromatic N) is 3. The Morgan fingerprint density at radius 1 is 1.27 bits per heavy atom. The zero-order chi connectivity index (χ0) is 11.3. The third kappa shape index (κ3) is 4.46. The Balaban J connectivity index is 2.56. The van der Waals surface area contributed by atoms with Gasteiger partial charge in [-0.2, -0.15) is 9.97 Å². The van der Waals surface area contributed by atoms with Crippen molar-refractivity contribution in [3.8, 4) is 0 Å². The lowest BCUT2D eigenvalue weighted by molar-refractivity contribution is 0.631. The number of hydrogen-bond acceptors (Lipinski definition) is 5. The number of anilines is 1. The standard InChI is InChI=1S/C10H18N4S/c1-7(2)5-6-15-10-13-8(3)12-9(11-4)14-10/h7H,5-6H2,1-4H3,(H,11,12,13,14). The van der Waals surface area contributed by atoms with E-state index in [1.807, 2.05) is 14.0 Å². The molecule has 0 saturated carbocycles. The molecular weight excluding hydrogens is 208 g/mol. The van der Waals surface area contributed by atoms with Crippen LogP contribution in [0.15, 0.2) is 5.16 Å². The second-order valence-corrected chi connectivity index (χ2v) is 4.83. The van der Waals surface area contributed by atoms with Crippen LogP contribution in [0.3, 0.4) is 0 Å². The maximum absolute atomic E-state index is 4.28. The van der Waals surface area contributed by atoms with E-state index < -0.39 is 0 Å². The summed E-state index contributed by atoms with van der Waals surface area (Å²) in [7, 11) is 1.82. The van der Waals surface area contributed by atoms with E-state index in [1.165, 1.54) is 6.42 Å². The molecule has 0 aliphatic carbocycles. The second kappa shape index (κ2) is 5.90. The molecule has 4 nitrogen and oxygen atoms in total. The largest absolute Gasteiger partial charge is 0.357 e. The monoisotopic (exact) mass is 226 g/mol. The summed E-state index contributed by atoms with van der Waals surface area (Å²) >= 11 is 1.69. The van der Waals surface area contributed by atoms with Crippen LogP contribution in [0.1, 0.15) is 26.1 Å². The summed E-state index contributed by atoms with van der Waals surface area (Å²) in [5.41, 5.74) is 0. The van der Waals surface area contributed by atoms with Crippen molar-refractivity contribution in [3.05, 3.63) is 5.82 Å². The highest BCUT2D eigenvalue weighted by Gasteiger charge is 2.03. The van der Waals surface area contributed by atoms with Crippen molar-refractivity contribution in [2.75, 3.05) is 18.1 Å². The summed E-state index contributed by atoms with van der Waals surface area (Å²) in [4.78, 5) is 12.7. The van der Waals surface area contributed by atoms with E-state index in [1.54, 1.807) is 11.8 Å². The first-order chi connectivity index (χ1) is 7.11. The molecule has 0 atom stereocenters. The summed E-state index contributed by atoms with van der Waals surface area (Å²) in [6.07, 6.45) is 1.18. The smallest absolute Gasteiger partial charge is 0.226 e. The molecule has 0 saturated heterocycles. The lowest BCUT2D eigenvalue weighted by atomic mass is 10.2. The number of nitrogens with one attached hydrogen (secondary N) is 1. The minimum atomic E-state index is 0.648. The van der Waals surface area contributed by atoms with Gasteiger partial charge in [0, 0.05) is 12.8 Å². The first-order valence-corrected chi connectivity index (χ1v) is 6.13. The number of aryl methyl sites for hydroxylation is 1. The van der Waals surface area contributed by atoms with Gasteiger partial charge in [0.25, 0.3) is 0 Å².